The first-order valence-corrected chi connectivity index (χ1v) is 7.69. The van der Waals surface area contributed by atoms with Crippen LogP contribution in [0.25, 0.3) is 11.0 Å². The molecule has 8 nitrogen and oxygen atoms in total. The van der Waals surface area contributed by atoms with Crippen LogP contribution in [0.1, 0.15) is 5.56 Å². The standard InChI is InChI=1S/C15H19N7O/c1-11-5-19-22(7-11)9-12-8-21(3-4-23-12)15-13-6-18-20(2)14(13)16-10-17-15/h5-7,10,12H,3-4,8-9H2,1-2H3. The van der Waals surface area contributed by atoms with E-state index in [9.17, 15) is 0 Å². The molecule has 3 aromatic heterocycles. The summed E-state index contributed by atoms with van der Waals surface area (Å²) in [7, 11) is 1.89. The molecule has 1 aliphatic heterocycles. The molecule has 8 heteroatoms. The van der Waals surface area contributed by atoms with Gasteiger partial charge in [-0.3, -0.25) is 9.36 Å². The van der Waals surface area contributed by atoms with Crippen molar-refractivity contribution >= 4 is 16.9 Å². The first-order chi connectivity index (χ1) is 11.2. The topological polar surface area (TPSA) is 73.9 Å². The summed E-state index contributed by atoms with van der Waals surface area (Å²) in [6, 6.07) is 0. The van der Waals surface area contributed by atoms with Gasteiger partial charge in [0.25, 0.3) is 0 Å². The van der Waals surface area contributed by atoms with Crippen LogP contribution < -0.4 is 4.90 Å². The molecular weight excluding hydrogens is 294 g/mol. The van der Waals surface area contributed by atoms with Crippen LogP contribution in [0, 0.1) is 6.92 Å². The molecule has 1 atom stereocenters. The third-order valence-corrected chi connectivity index (χ3v) is 4.10. The molecule has 0 spiro atoms. The van der Waals surface area contributed by atoms with Gasteiger partial charge in [-0.25, -0.2) is 9.97 Å². The van der Waals surface area contributed by atoms with Gasteiger partial charge in [0.1, 0.15) is 12.1 Å². The van der Waals surface area contributed by atoms with Crippen molar-refractivity contribution in [2.75, 3.05) is 24.6 Å². The molecule has 1 aliphatic rings. The van der Waals surface area contributed by atoms with E-state index in [2.05, 4.69) is 25.1 Å². The highest BCUT2D eigenvalue weighted by molar-refractivity contribution is 5.86. The summed E-state index contributed by atoms with van der Waals surface area (Å²) >= 11 is 0. The number of fused-ring (bicyclic) bond motifs is 1. The van der Waals surface area contributed by atoms with Gasteiger partial charge in [-0.2, -0.15) is 10.2 Å². The first-order valence-electron chi connectivity index (χ1n) is 7.69. The van der Waals surface area contributed by atoms with Crippen LogP contribution >= 0.6 is 0 Å². The normalized spacial score (nSPS) is 18.7. The maximum absolute atomic E-state index is 5.89. The molecule has 0 amide bonds. The van der Waals surface area contributed by atoms with Gasteiger partial charge in [0.2, 0.25) is 0 Å². The number of aromatic nitrogens is 6. The number of nitrogens with zero attached hydrogens (tertiary/aromatic N) is 7. The van der Waals surface area contributed by atoms with Crippen LogP contribution in [0.5, 0.6) is 0 Å². The van der Waals surface area contributed by atoms with Crippen molar-refractivity contribution in [2.24, 2.45) is 7.05 Å². The van der Waals surface area contributed by atoms with Gasteiger partial charge in [-0.1, -0.05) is 0 Å². The zero-order chi connectivity index (χ0) is 15.8. The Balaban J connectivity index is 1.56. The number of rotatable bonds is 3. The highest BCUT2D eigenvalue weighted by atomic mass is 16.5. The minimum absolute atomic E-state index is 0.0877. The van der Waals surface area contributed by atoms with E-state index in [1.165, 1.54) is 0 Å². The zero-order valence-corrected chi connectivity index (χ0v) is 13.3. The van der Waals surface area contributed by atoms with E-state index >= 15 is 0 Å². The Bertz CT molecular complexity index is 824. The van der Waals surface area contributed by atoms with Crippen LogP contribution in [0.2, 0.25) is 0 Å². The van der Waals surface area contributed by atoms with Crippen molar-refractivity contribution in [1.82, 2.24) is 29.5 Å². The van der Waals surface area contributed by atoms with E-state index in [1.54, 1.807) is 11.0 Å². The second-order valence-electron chi connectivity index (χ2n) is 5.88. The Hall–Kier alpha value is -2.48. The molecule has 4 heterocycles. The summed E-state index contributed by atoms with van der Waals surface area (Å²) in [5, 5.41) is 9.60. The fourth-order valence-corrected chi connectivity index (χ4v) is 3.00. The van der Waals surface area contributed by atoms with Gasteiger partial charge < -0.3 is 9.64 Å². The Morgan fingerprint density at radius 2 is 2.17 bits per heavy atom. The van der Waals surface area contributed by atoms with E-state index < -0.39 is 0 Å². The summed E-state index contributed by atoms with van der Waals surface area (Å²) in [4.78, 5) is 11.0. The molecule has 0 radical (unpaired) electrons. The minimum Gasteiger partial charge on any atom is -0.373 e. The molecule has 1 unspecified atom stereocenters. The van der Waals surface area contributed by atoms with Crippen molar-refractivity contribution in [2.45, 2.75) is 19.6 Å². The van der Waals surface area contributed by atoms with Crippen molar-refractivity contribution in [3.8, 4) is 0 Å². The molecule has 4 rings (SSSR count). The molecule has 1 fully saturated rings. The molecule has 0 saturated carbocycles. The van der Waals surface area contributed by atoms with Crippen LogP contribution in [0.15, 0.2) is 24.9 Å². The van der Waals surface area contributed by atoms with E-state index in [0.29, 0.717) is 6.61 Å². The van der Waals surface area contributed by atoms with Gasteiger partial charge in [0.05, 0.1) is 37.0 Å². The highest BCUT2D eigenvalue weighted by Gasteiger charge is 2.24. The maximum Gasteiger partial charge on any atom is 0.163 e. The smallest absolute Gasteiger partial charge is 0.163 e. The minimum atomic E-state index is 0.0877. The van der Waals surface area contributed by atoms with Crippen molar-refractivity contribution < 1.29 is 4.74 Å². The monoisotopic (exact) mass is 313 g/mol. The molecule has 1 saturated heterocycles. The number of ether oxygens (including phenoxy) is 1. The van der Waals surface area contributed by atoms with E-state index in [1.807, 2.05) is 37.2 Å². The number of hydrogen-bond donors (Lipinski definition) is 0. The Labute approximate surface area is 133 Å². The Morgan fingerprint density at radius 1 is 1.26 bits per heavy atom. The molecule has 0 aliphatic carbocycles. The van der Waals surface area contributed by atoms with Crippen molar-refractivity contribution in [1.29, 1.82) is 0 Å². The maximum atomic E-state index is 5.89. The highest BCUT2D eigenvalue weighted by Crippen LogP contribution is 2.24. The lowest BCUT2D eigenvalue weighted by Gasteiger charge is -2.33. The molecule has 3 aromatic rings. The number of aryl methyl sites for hydroxylation is 2. The zero-order valence-electron chi connectivity index (χ0n) is 13.3. The summed E-state index contributed by atoms with van der Waals surface area (Å²) < 4.78 is 9.60. The predicted octanol–water partition coefficient (Wildman–Crippen LogP) is 0.774. The molecule has 23 heavy (non-hydrogen) atoms. The lowest BCUT2D eigenvalue weighted by atomic mass is 10.2. The quantitative estimate of drug-likeness (QED) is 0.711. The fraction of sp³-hybridized carbons (Fsp3) is 0.467. The molecule has 120 valence electrons. The largest absolute Gasteiger partial charge is 0.373 e. The first kappa shape index (κ1) is 14.1. The van der Waals surface area contributed by atoms with Gasteiger partial charge >= 0.3 is 0 Å². The SMILES string of the molecule is Cc1cnn(CC2CN(c3ncnc4c3cnn4C)CCO2)c1. The fourth-order valence-electron chi connectivity index (χ4n) is 3.00. The number of morpholine rings is 1. The molecular formula is C15H19N7O. The van der Waals surface area contributed by atoms with E-state index in [-0.39, 0.29) is 6.10 Å². The Morgan fingerprint density at radius 3 is 3.00 bits per heavy atom. The van der Waals surface area contributed by atoms with Crippen LogP contribution in [-0.2, 0) is 18.3 Å². The summed E-state index contributed by atoms with van der Waals surface area (Å²) in [5.41, 5.74) is 2.01. The van der Waals surface area contributed by atoms with Crippen molar-refractivity contribution in [3.05, 3.63) is 30.5 Å². The lowest BCUT2D eigenvalue weighted by Crippen LogP contribution is -2.44. The summed E-state index contributed by atoms with van der Waals surface area (Å²) in [6.45, 7) is 5.05. The summed E-state index contributed by atoms with van der Waals surface area (Å²) in [5.74, 6) is 0.924. The lowest BCUT2D eigenvalue weighted by molar-refractivity contribution is 0.0272. The summed E-state index contributed by atoms with van der Waals surface area (Å²) in [6.07, 6.45) is 7.41. The van der Waals surface area contributed by atoms with Gasteiger partial charge in [-0.05, 0) is 12.5 Å². The van der Waals surface area contributed by atoms with E-state index in [4.69, 9.17) is 4.74 Å². The van der Waals surface area contributed by atoms with Crippen LogP contribution in [0.3, 0.4) is 0 Å². The van der Waals surface area contributed by atoms with Crippen molar-refractivity contribution in [3.63, 3.8) is 0 Å². The Kier molecular flexibility index (Phi) is 3.45. The van der Waals surface area contributed by atoms with Crippen LogP contribution in [-0.4, -0.2) is 55.3 Å². The molecule has 0 N–H and O–H groups in total. The van der Waals surface area contributed by atoms with Gasteiger partial charge in [0, 0.05) is 26.3 Å². The number of hydrogen-bond acceptors (Lipinski definition) is 6. The number of anilines is 1. The predicted molar refractivity (Wildman–Crippen MR) is 85.2 cm³/mol. The van der Waals surface area contributed by atoms with Gasteiger partial charge in [0.15, 0.2) is 5.65 Å². The molecule has 0 aromatic carbocycles. The van der Waals surface area contributed by atoms with Crippen LogP contribution in [0.4, 0.5) is 5.82 Å². The average molecular weight is 313 g/mol. The van der Waals surface area contributed by atoms with Gasteiger partial charge in [-0.15, -0.1) is 0 Å². The second-order valence-corrected chi connectivity index (χ2v) is 5.88. The van der Waals surface area contributed by atoms with E-state index in [0.717, 1.165) is 42.0 Å². The average Bonchev–Trinajstić information content (AvgIpc) is 3.14. The molecule has 0 bridgehead atoms. The third kappa shape index (κ3) is 2.65. The second kappa shape index (κ2) is 5.62. The third-order valence-electron chi connectivity index (χ3n) is 4.10.